The lowest BCUT2D eigenvalue weighted by atomic mass is 9.77. The zero-order chi connectivity index (χ0) is 15.2. The van der Waals surface area contributed by atoms with Gasteiger partial charge in [-0.15, -0.1) is 0 Å². The summed E-state index contributed by atoms with van der Waals surface area (Å²) in [6.45, 7) is 5.27. The molecule has 3 heteroatoms. The molecule has 0 spiro atoms. The number of hydrogen-bond acceptors (Lipinski definition) is 3. The third-order valence-corrected chi connectivity index (χ3v) is 5.56. The van der Waals surface area contributed by atoms with E-state index in [9.17, 15) is 0 Å². The van der Waals surface area contributed by atoms with E-state index in [-0.39, 0.29) is 0 Å². The molecule has 1 aliphatic heterocycles. The summed E-state index contributed by atoms with van der Waals surface area (Å²) in [5.41, 5.74) is 2.90. The first-order chi connectivity index (χ1) is 10.8. The van der Waals surface area contributed by atoms with Gasteiger partial charge in [0.25, 0.3) is 0 Å². The van der Waals surface area contributed by atoms with Crippen molar-refractivity contribution in [2.24, 2.45) is 5.92 Å². The Hall–Kier alpha value is -0.930. The zero-order valence-electron chi connectivity index (χ0n) is 13.9. The fourth-order valence-electron chi connectivity index (χ4n) is 4.10. The smallest absolute Gasteiger partial charge is 0.0480 e. The molecule has 0 bridgehead atoms. The molecule has 0 aromatic carbocycles. The van der Waals surface area contributed by atoms with Gasteiger partial charge in [0.15, 0.2) is 0 Å². The molecule has 1 aromatic rings. The number of aryl methyl sites for hydroxylation is 1. The Morgan fingerprint density at radius 3 is 2.64 bits per heavy atom. The Bertz CT molecular complexity index is 449. The maximum absolute atomic E-state index is 5.42. The van der Waals surface area contributed by atoms with E-state index >= 15 is 0 Å². The molecular weight excluding hydrogens is 272 g/mol. The van der Waals surface area contributed by atoms with E-state index in [1.165, 1.54) is 62.6 Å². The summed E-state index contributed by atoms with van der Waals surface area (Å²) in [5.74, 6) is 1.69. The van der Waals surface area contributed by atoms with Crippen LogP contribution in [0.5, 0.6) is 0 Å². The second-order valence-electron chi connectivity index (χ2n) is 7.08. The number of rotatable bonds is 5. The highest BCUT2D eigenvalue weighted by Crippen LogP contribution is 2.37. The summed E-state index contributed by atoms with van der Waals surface area (Å²) in [6.07, 6.45) is 13.2. The molecule has 2 aliphatic rings. The third-order valence-electron chi connectivity index (χ3n) is 5.56. The Labute approximate surface area is 134 Å². The summed E-state index contributed by atoms with van der Waals surface area (Å²) in [7, 11) is 0. The van der Waals surface area contributed by atoms with Gasteiger partial charge >= 0.3 is 0 Å². The second-order valence-corrected chi connectivity index (χ2v) is 7.08. The van der Waals surface area contributed by atoms with Crippen molar-refractivity contribution >= 4 is 0 Å². The molecule has 1 aromatic heterocycles. The summed E-state index contributed by atoms with van der Waals surface area (Å²) in [5, 5.41) is 3.73. The van der Waals surface area contributed by atoms with Gasteiger partial charge in [-0.05, 0) is 87.4 Å². The van der Waals surface area contributed by atoms with Gasteiger partial charge in [-0.3, -0.25) is 4.98 Å². The lowest BCUT2D eigenvalue weighted by Gasteiger charge is -2.30. The number of aromatic nitrogens is 1. The van der Waals surface area contributed by atoms with Crippen molar-refractivity contribution in [1.29, 1.82) is 0 Å². The monoisotopic (exact) mass is 302 g/mol. The fraction of sp³-hybridized carbons (Fsp3) is 0.737. The molecule has 122 valence electrons. The van der Waals surface area contributed by atoms with E-state index in [0.717, 1.165) is 25.0 Å². The SMILES string of the molecule is Cc1cnccc1C1CCC(CCNC2CCOCC2)CC1. The van der Waals surface area contributed by atoms with E-state index in [4.69, 9.17) is 4.74 Å². The van der Waals surface area contributed by atoms with Crippen molar-refractivity contribution in [2.75, 3.05) is 19.8 Å². The molecule has 1 aliphatic carbocycles. The van der Waals surface area contributed by atoms with E-state index < -0.39 is 0 Å². The molecule has 2 heterocycles. The summed E-state index contributed by atoms with van der Waals surface area (Å²) < 4.78 is 5.42. The van der Waals surface area contributed by atoms with Crippen LogP contribution in [-0.4, -0.2) is 30.8 Å². The van der Waals surface area contributed by atoms with Crippen LogP contribution in [0.2, 0.25) is 0 Å². The molecule has 0 unspecified atom stereocenters. The lowest BCUT2D eigenvalue weighted by Crippen LogP contribution is -2.36. The minimum absolute atomic E-state index is 0.699. The van der Waals surface area contributed by atoms with Gasteiger partial charge in [-0.2, -0.15) is 0 Å². The van der Waals surface area contributed by atoms with Crippen LogP contribution in [0, 0.1) is 12.8 Å². The first kappa shape index (κ1) is 15.9. The van der Waals surface area contributed by atoms with E-state index in [0.29, 0.717) is 6.04 Å². The molecule has 0 amide bonds. The number of pyridine rings is 1. The van der Waals surface area contributed by atoms with Gasteiger partial charge in [-0.25, -0.2) is 0 Å². The highest BCUT2D eigenvalue weighted by Gasteiger charge is 2.23. The topological polar surface area (TPSA) is 34.2 Å². The number of ether oxygens (including phenoxy) is 1. The van der Waals surface area contributed by atoms with E-state index in [1.807, 2.05) is 12.4 Å². The molecule has 1 N–H and O–H groups in total. The van der Waals surface area contributed by atoms with Crippen molar-refractivity contribution < 1.29 is 4.74 Å². The van der Waals surface area contributed by atoms with Gasteiger partial charge in [0.1, 0.15) is 0 Å². The maximum atomic E-state index is 5.42. The number of hydrogen-bond donors (Lipinski definition) is 1. The van der Waals surface area contributed by atoms with Gasteiger partial charge < -0.3 is 10.1 Å². The molecular formula is C19H30N2O. The van der Waals surface area contributed by atoms with Crippen LogP contribution < -0.4 is 5.32 Å². The summed E-state index contributed by atoms with van der Waals surface area (Å²) >= 11 is 0. The molecule has 0 radical (unpaired) electrons. The first-order valence-electron chi connectivity index (χ1n) is 9.04. The van der Waals surface area contributed by atoms with Crippen LogP contribution in [0.3, 0.4) is 0 Å². The second kappa shape index (κ2) is 8.07. The Balaban J connectivity index is 1.37. The average Bonchev–Trinajstić information content (AvgIpc) is 2.57. The van der Waals surface area contributed by atoms with Crippen LogP contribution in [-0.2, 0) is 4.74 Å². The predicted octanol–water partition coefficient (Wildman–Crippen LogP) is 3.82. The van der Waals surface area contributed by atoms with Crippen molar-refractivity contribution in [2.45, 2.75) is 63.8 Å². The average molecular weight is 302 g/mol. The number of nitrogens with one attached hydrogen (secondary N) is 1. The van der Waals surface area contributed by atoms with Crippen LogP contribution in [0.15, 0.2) is 18.5 Å². The highest BCUT2D eigenvalue weighted by molar-refractivity contribution is 5.26. The minimum Gasteiger partial charge on any atom is -0.381 e. The van der Waals surface area contributed by atoms with Crippen LogP contribution >= 0.6 is 0 Å². The fourth-order valence-corrected chi connectivity index (χ4v) is 4.10. The normalized spacial score (nSPS) is 27.0. The third kappa shape index (κ3) is 4.30. The van der Waals surface area contributed by atoms with E-state index in [2.05, 4.69) is 23.3 Å². The Morgan fingerprint density at radius 2 is 1.91 bits per heavy atom. The quantitative estimate of drug-likeness (QED) is 0.898. The van der Waals surface area contributed by atoms with Crippen molar-refractivity contribution in [3.8, 4) is 0 Å². The Morgan fingerprint density at radius 1 is 1.14 bits per heavy atom. The van der Waals surface area contributed by atoms with Gasteiger partial charge in [0.2, 0.25) is 0 Å². The molecule has 2 fully saturated rings. The first-order valence-corrected chi connectivity index (χ1v) is 9.04. The van der Waals surface area contributed by atoms with Crippen molar-refractivity contribution in [3.63, 3.8) is 0 Å². The Kier molecular flexibility index (Phi) is 5.85. The minimum atomic E-state index is 0.699. The molecule has 1 saturated carbocycles. The molecule has 3 nitrogen and oxygen atoms in total. The zero-order valence-corrected chi connectivity index (χ0v) is 13.9. The van der Waals surface area contributed by atoms with Crippen molar-refractivity contribution in [1.82, 2.24) is 10.3 Å². The molecule has 22 heavy (non-hydrogen) atoms. The predicted molar refractivity (Wildman–Crippen MR) is 90.1 cm³/mol. The van der Waals surface area contributed by atoms with Gasteiger partial charge in [0, 0.05) is 31.6 Å². The molecule has 0 atom stereocenters. The number of nitrogens with zero attached hydrogens (tertiary/aromatic N) is 1. The maximum Gasteiger partial charge on any atom is 0.0480 e. The van der Waals surface area contributed by atoms with E-state index in [1.54, 1.807) is 0 Å². The van der Waals surface area contributed by atoms with Gasteiger partial charge in [0.05, 0.1) is 0 Å². The molecule has 1 saturated heterocycles. The van der Waals surface area contributed by atoms with Crippen molar-refractivity contribution in [3.05, 3.63) is 29.6 Å². The summed E-state index contributed by atoms with van der Waals surface area (Å²) in [4.78, 5) is 4.22. The van der Waals surface area contributed by atoms with Crippen LogP contribution in [0.25, 0.3) is 0 Å². The van der Waals surface area contributed by atoms with Gasteiger partial charge in [-0.1, -0.05) is 0 Å². The van der Waals surface area contributed by atoms with Crippen LogP contribution in [0.1, 0.15) is 62.0 Å². The molecule has 3 rings (SSSR count). The van der Waals surface area contributed by atoms with Crippen LogP contribution in [0.4, 0.5) is 0 Å². The standard InChI is InChI=1S/C19H30N2O/c1-15-14-20-10-7-19(15)17-4-2-16(3-5-17)6-11-21-18-8-12-22-13-9-18/h7,10,14,16-18,21H,2-6,8-9,11-13H2,1H3. The summed E-state index contributed by atoms with van der Waals surface area (Å²) in [6, 6.07) is 2.93. The largest absolute Gasteiger partial charge is 0.381 e. The lowest BCUT2D eigenvalue weighted by molar-refractivity contribution is 0.0775. The highest BCUT2D eigenvalue weighted by atomic mass is 16.5.